The maximum Gasteiger partial charge on any atom is 0.119 e. The summed E-state index contributed by atoms with van der Waals surface area (Å²) in [5, 5.41) is 1.27. The molecule has 0 aliphatic carbocycles. The fourth-order valence-electron chi connectivity index (χ4n) is 2.93. The maximum absolute atomic E-state index is 5.51. The van der Waals surface area contributed by atoms with E-state index < -0.39 is 0 Å². The molecule has 0 bridgehead atoms. The van der Waals surface area contributed by atoms with Gasteiger partial charge in [0.25, 0.3) is 0 Å². The molecule has 0 amide bonds. The lowest BCUT2D eigenvalue weighted by atomic mass is 10.1. The van der Waals surface area contributed by atoms with Gasteiger partial charge in [0.1, 0.15) is 5.75 Å². The Labute approximate surface area is 128 Å². The zero-order valence-corrected chi connectivity index (χ0v) is 13.4. The number of rotatable bonds is 9. The Balaban J connectivity index is 1.88. The summed E-state index contributed by atoms with van der Waals surface area (Å²) in [6, 6.07) is 8.58. The van der Waals surface area contributed by atoms with Crippen molar-refractivity contribution in [3.63, 3.8) is 0 Å². The van der Waals surface area contributed by atoms with Gasteiger partial charge in [0.15, 0.2) is 0 Å². The number of nitrogens with two attached hydrogens (primary N) is 1. The monoisotopic (exact) mass is 288 g/mol. The van der Waals surface area contributed by atoms with E-state index in [1.165, 1.54) is 55.1 Å². The lowest BCUT2D eigenvalue weighted by Gasteiger charge is -2.09. The van der Waals surface area contributed by atoms with Crippen LogP contribution in [0.15, 0.2) is 24.3 Å². The highest BCUT2D eigenvalue weighted by Crippen LogP contribution is 2.24. The molecule has 0 aliphatic heterocycles. The van der Waals surface area contributed by atoms with Crippen molar-refractivity contribution in [1.82, 2.24) is 4.57 Å². The number of benzene rings is 1. The van der Waals surface area contributed by atoms with Gasteiger partial charge in [-0.05, 0) is 50.6 Å². The molecule has 3 heteroatoms. The third-order valence-electron chi connectivity index (χ3n) is 4.15. The van der Waals surface area contributed by atoms with Crippen LogP contribution in [0.1, 0.15) is 44.2 Å². The number of nitrogens with zero attached hydrogens (tertiary/aromatic N) is 1. The smallest absolute Gasteiger partial charge is 0.119 e. The Kier molecular flexibility index (Phi) is 6.12. The third-order valence-corrected chi connectivity index (χ3v) is 4.15. The van der Waals surface area contributed by atoms with Crippen molar-refractivity contribution in [2.75, 3.05) is 13.7 Å². The predicted octanol–water partition coefficient (Wildman–Crippen LogP) is 4.26. The number of methoxy groups -OCH3 is 1. The molecule has 0 saturated carbocycles. The molecule has 0 saturated heterocycles. The van der Waals surface area contributed by atoms with Crippen molar-refractivity contribution >= 4 is 10.9 Å². The molecule has 0 fully saturated rings. The number of hydrogen-bond acceptors (Lipinski definition) is 2. The second-order valence-electron chi connectivity index (χ2n) is 5.77. The van der Waals surface area contributed by atoms with Gasteiger partial charge in [-0.2, -0.15) is 0 Å². The van der Waals surface area contributed by atoms with E-state index in [0.29, 0.717) is 0 Å². The summed E-state index contributed by atoms with van der Waals surface area (Å²) in [5.74, 6) is 0.930. The molecular weight excluding hydrogens is 260 g/mol. The summed E-state index contributed by atoms with van der Waals surface area (Å²) >= 11 is 0. The van der Waals surface area contributed by atoms with Crippen molar-refractivity contribution in [1.29, 1.82) is 0 Å². The van der Waals surface area contributed by atoms with Gasteiger partial charge >= 0.3 is 0 Å². The lowest BCUT2D eigenvalue weighted by molar-refractivity contribution is 0.415. The minimum absolute atomic E-state index is 0.831. The number of ether oxygens (including phenoxy) is 1. The minimum Gasteiger partial charge on any atom is -0.497 e. The van der Waals surface area contributed by atoms with E-state index in [0.717, 1.165) is 18.8 Å². The van der Waals surface area contributed by atoms with Crippen LogP contribution in [0.5, 0.6) is 5.75 Å². The number of unbranched alkanes of at least 4 members (excludes halogenated alkanes) is 5. The first-order valence-electron chi connectivity index (χ1n) is 8.10. The number of fused-ring (bicyclic) bond motifs is 1. The van der Waals surface area contributed by atoms with Crippen LogP contribution in [-0.2, 0) is 6.54 Å². The molecule has 0 atom stereocenters. The van der Waals surface area contributed by atoms with E-state index in [9.17, 15) is 0 Å². The molecule has 116 valence electrons. The molecule has 1 heterocycles. The van der Waals surface area contributed by atoms with Crippen molar-refractivity contribution in [2.24, 2.45) is 5.73 Å². The fraction of sp³-hybridized carbons (Fsp3) is 0.556. The molecule has 2 aromatic rings. The lowest BCUT2D eigenvalue weighted by Crippen LogP contribution is -2.00. The molecule has 0 unspecified atom stereocenters. The SMILES string of the molecule is COc1ccc2c(c1)cc(C)n2CCCCCCCCN. The van der Waals surface area contributed by atoms with E-state index in [1.54, 1.807) is 7.11 Å². The summed E-state index contributed by atoms with van der Waals surface area (Å²) in [6.07, 6.45) is 7.65. The highest BCUT2D eigenvalue weighted by Gasteiger charge is 2.06. The fourth-order valence-corrected chi connectivity index (χ4v) is 2.93. The van der Waals surface area contributed by atoms with Crippen LogP contribution in [0.2, 0.25) is 0 Å². The average molecular weight is 288 g/mol. The summed E-state index contributed by atoms with van der Waals surface area (Å²) < 4.78 is 7.72. The molecule has 0 spiro atoms. The molecule has 3 nitrogen and oxygen atoms in total. The first-order valence-corrected chi connectivity index (χ1v) is 8.10. The maximum atomic E-state index is 5.51. The molecule has 0 aliphatic rings. The summed E-state index contributed by atoms with van der Waals surface area (Å²) in [6.45, 7) is 4.13. The normalized spacial score (nSPS) is 11.2. The Hall–Kier alpha value is -1.48. The van der Waals surface area contributed by atoms with Crippen LogP contribution in [-0.4, -0.2) is 18.2 Å². The number of aromatic nitrogens is 1. The largest absolute Gasteiger partial charge is 0.497 e. The van der Waals surface area contributed by atoms with Crippen LogP contribution in [0.3, 0.4) is 0 Å². The molecule has 1 aromatic heterocycles. The summed E-state index contributed by atoms with van der Waals surface area (Å²) in [7, 11) is 1.72. The van der Waals surface area contributed by atoms with Gasteiger partial charge in [-0.1, -0.05) is 25.7 Å². The average Bonchev–Trinajstić information content (AvgIpc) is 2.81. The quantitative estimate of drug-likeness (QED) is 0.700. The van der Waals surface area contributed by atoms with E-state index in [2.05, 4.69) is 29.7 Å². The minimum atomic E-state index is 0.831. The summed E-state index contributed by atoms with van der Waals surface area (Å²) in [5.41, 5.74) is 8.16. The van der Waals surface area contributed by atoms with Gasteiger partial charge in [0.2, 0.25) is 0 Å². The highest BCUT2D eigenvalue weighted by molar-refractivity contribution is 5.82. The van der Waals surface area contributed by atoms with Crippen LogP contribution < -0.4 is 10.5 Å². The zero-order valence-electron chi connectivity index (χ0n) is 13.4. The van der Waals surface area contributed by atoms with Crippen molar-refractivity contribution in [2.45, 2.75) is 52.0 Å². The first kappa shape index (κ1) is 15.9. The summed E-state index contributed by atoms with van der Waals surface area (Å²) in [4.78, 5) is 0. The topological polar surface area (TPSA) is 40.2 Å². The first-order chi connectivity index (χ1) is 10.3. The van der Waals surface area contributed by atoms with Gasteiger partial charge in [0, 0.05) is 23.1 Å². The zero-order chi connectivity index (χ0) is 15.1. The van der Waals surface area contributed by atoms with Gasteiger partial charge < -0.3 is 15.0 Å². The second-order valence-corrected chi connectivity index (χ2v) is 5.77. The van der Waals surface area contributed by atoms with E-state index >= 15 is 0 Å². The van der Waals surface area contributed by atoms with E-state index in [1.807, 2.05) is 6.07 Å². The second kappa shape index (κ2) is 8.08. The van der Waals surface area contributed by atoms with Gasteiger partial charge in [0.05, 0.1) is 7.11 Å². The van der Waals surface area contributed by atoms with E-state index in [4.69, 9.17) is 10.5 Å². The van der Waals surface area contributed by atoms with Crippen molar-refractivity contribution < 1.29 is 4.74 Å². The van der Waals surface area contributed by atoms with Crippen molar-refractivity contribution in [3.05, 3.63) is 30.0 Å². The molecule has 21 heavy (non-hydrogen) atoms. The van der Waals surface area contributed by atoms with E-state index in [-0.39, 0.29) is 0 Å². The Morgan fingerprint density at radius 2 is 1.71 bits per heavy atom. The number of hydrogen-bond donors (Lipinski definition) is 1. The van der Waals surface area contributed by atoms with Gasteiger partial charge in [-0.3, -0.25) is 0 Å². The molecule has 1 aromatic carbocycles. The predicted molar refractivity (Wildman–Crippen MR) is 90.0 cm³/mol. The van der Waals surface area contributed by atoms with Crippen LogP contribution >= 0.6 is 0 Å². The van der Waals surface area contributed by atoms with Crippen LogP contribution in [0.4, 0.5) is 0 Å². The van der Waals surface area contributed by atoms with Crippen LogP contribution in [0.25, 0.3) is 10.9 Å². The van der Waals surface area contributed by atoms with Crippen molar-refractivity contribution in [3.8, 4) is 5.75 Å². The standard InChI is InChI=1S/C18H28N2O/c1-15-13-16-14-17(21-2)9-10-18(16)20(15)12-8-6-4-3-5-7-11-19/h9-10,13-14H,3-8,11-12,19H2,1-2H3. The molecule has 0 radical (unpaired) electrons. The van der Waals surface area contributed by atoms with Gasteiger partial charge in [-0.15, -0.1) is 0 Å². The van der Waals surface area contributed by atoms with Gasteiger partial charge in [-0.25, -0.2) is 0 Å². The molecule has 2 N–H and O–H groups in total. The molecule has 2 rings (SSSR count). The Morgan fingerprint density at radius 3 is 2.43 bits per heavy atom. The Bertz CT molecular complexity index is 560. The third kappa shape index (κ3) is 4.24. The molecular formula is C18H28N2O. The van der Waals surface area contributed by atoms with Crippen LogP contribution in [0, 0.1) is 6.92 Å². The number of aryl methyl sites for hydroxylation is 2. The highest BCUT2D eigenvalue weighted by atomic mass is 16.5. The Morgan fingerprint density at radius 1 is 1.00 bits per heavy atom.